The van der Waals surface area contributed by atoms with E-state index in [1.54, 1.807) is 12.1 Å². The molecule has 0 amide bonds. The molecule has 0 radical (unpaired) electrons. The summed E-state index contributed by atoms with van der Waals surface area (Å²) in [6, 6.07) is 9.00. The van der Waals surface area contributed by atoms with Gasteiger partial charge in [-0.2, -0.15) is 5.90 Å². The van der Waals surface area contributed by atoms with Crippen molar-refractivity contribution in [3.05, 3.63) is 42.5 Å². The predicted octanol–water partition coefficient (Wildman–Crippen LogP) is 1.12. The summed E-state index contributed by atoms with van der Waals surface area (Å²) < 4.78 is 0. The second-order valence-electron chi connectivity index (χ2n) is 2.25. The molecule has 1 aromatic rings. The molecule has 12 heavy (non-hydrogen) atoms. The Bertz CT molecular complexity index is 293. The van der Waals surface area contributed by atoms with E-state index in [1.165, 1.54) is 0 Å². The van der Waals surface area contributed by atoms with E-state index in [2.05, 4.69) is 11.4 Å². The zero-order chi connectivity index (χ0) is 8.97. The molecule has 0 unspecified atom stereocenters. The van der Waals surface area contributed by atoms with Crippen LogP contribution >= 0.6 is 0 Å². The van der Waals surface area contributed by atoms with Crippen LogP contribution in [-0.2, 0) is 9.63 Å². The van der Waals surface area contributed by atoms with Crippen LogP contribution in [0.4, 0.5) is 0 Å². The van der Waals surface area contributed by atoms with Gasteiger partial charge < -0.3 is 4.84 Å². The molecular formula is C9H9NO2. The molecule has 0 aromatic heterocycles. The number of hydrogen-bond acceptors (Lipinski definition) is 3. The Balaban J connectivity index is 2.86. The van der Waals surface area contributed by atoms with Gasteiger partial charge in [-0.25, -0.2) is 4.79 Å². The third-order valence-corrected chi connectivity index (χ3v) is 1.48. The van der Waals surface area contributed by atoms with E-state index in [9.17, 15) is 4.79 Å². The summed E-state index contributed by atoms with van der Waals surface area (Å²) in [7, 11) is 0. The first-order valence-corrected chi connectivity index (χ1v) is 3.41. The topological polar surface area (TPSA) is 52.3 Å². The number of hydrogen-bond donors (Lipinski definition) is 1. The molecule has 0 atom stereocenters. The Kier molecular flexibility index (Phi) is 2.61. The van der Waals surface area contributed by atoms with Gasteiger partial charge in [0.2, 0.25) is 0 Å². The molecule has 0 saturated heterocycles. The quantitative estimate of drug-likeness (QED) is 0.525. The first-order chi connectivity index (χ1) is 5.75. The van der Waals surface area contributed by atoms with E-state index in [0.29, 0.717) is 5.56 Å². The van der Waals surface area contributed by atoms with Crippen molar-refractivity contribution in [3.63, 3.8) is 0 Å². The number of rotatable bonds is 2. The van der Waals surface area contributed by atoms with Gasteiger partial charge in [0.1, 0.15) is 0 Å². The molecule has 0 bridgehead atoms. The normalized spacial score (nSPS) is 9.08. The molecule has 0 fully saturated rings. The van der Waals surface area contributed by atoms with Gasteiger partial charge in [-0.3, -0.25) is 0 Å². The van der Waals surface area contributed by atoms with Crippen molar-refractivity contribution >= 4 is 11.5 Å². The Hall–Kier alpha value is -1.61. The number of benzene rings is 1. The molecule has 3 nitrogen and oxygen atoms in total. The van der Waals surface area contributed by atoms with E-state index in [4.69, 9.17) is 5.90 Å². The fraction of sp³-hybridized carbons (Fsp3) is 0. The molecule has 0 spiro atoms. The zero-order valence-corrected chi connectivity index (χ0v) is 6.49. The first-order valence-electron chi connectivity index (χ1n) is 3.41. The van der Waals surface area contributed by atoms with E-state index in [1.807, 2.05) is 18.2 Å². The molecule has 0 aliphatic rings. The summed E-state index contributed by atoms with van der Waals surface area (Å²) in [5.74, 6) is 4.09. The highest BCUT2D eigenvalue weighted by Crippen LogP contribution is 2.11. The van der Waals surface area contributed by atoms with Crippen molar-refractivity contribution in [2.75, 3.05) is 0 Å². The van der Waals surface area contributed by atoms with Crippen LogP contribution in [0.25, 0.3) is 5.57 Å². The van der Waals surface area contributed by atoms with E-state index >= 15 is 0 Å². The van der Waals surface area contributed by atoms with Crippen LogP contribution in [0.1, 0.15) is 5.56 Å². The minimum atomic E-state index is -0.610. The molecule has 0 saturated carbocycles. The lowest BCUT2D eigenvalue weighted by atomic mass is 10.1. The van der Waals surface area contributed by atoms with Gasteiger partial charge in [0, 0.05) is 0 Å². The number of nitrogens with two attached hydrogens (primary N) is 1. The van der Waals surface area contributed by atoms with Gasteiger partial charge in [-0.1, -0.05) is 36.9 Å². The summed E-state index contributed by atoms with van der Waals surface area (Å²) in [6.45, 7) is 3.54. The largest absolute Gasteiger partial charge is 0.370 e. The fourth-order valence-electron chi connectivity index (χ4n) is 0.828. The van der Waals surface area contributed by atoms with Crippen LogP contribution < -0.4 is 5.90 Å². The van der Waals surface area contributed by atoms with Gasteiger partial charge in [-0.15, -0.1) is 0 Å². The van der Waals surface area contributed by atoms with E-state index < -0.39 is 5.97 Å². The zero-order valence-electron chi connectivity index (χ0n) is 6.49. The van der Waals surface area contributed by atoms with Gasteiger partial charge in [0.15, 0.2) is 0 Å². The monoisotopic (exact) mass is 163 g/mol. The van der Waals surface area contributed by atoms with Gasteiger partial charge >= 0.3 is 5.97 Å². The lowest BCUT2D eigenvalue weighted by molar-refractivity contribution is -0.137. The predicted molar refractivity (Wildman–Crippen MR) is 45.8 cm³/mol. The second kappa shape index (κ2) is 3.69. The summed E-state index contributed by atoms with van der Waals surface area (Å²) in [6.07, 6.45) is 0. The molecule has 3 heteroatoms. The highest BCUT2D eigenvalue weighted by Gasteiger charge is 2.08. The van der Waals surface area contributed by atoms with Crippen LogP contribution in [0.15, 0.2) is 36.9 Å². The first kappa shape index (κ1) is 8.49. The summed E-state index contributed by atoms with van der Waals surface area (Å²) in [4.78, 5) is 14.9. The van der Waals surface area contributed by atoms with Crippen molar-refractivity contribution in [2.45, 2.75) is 0 Å². The summed E-state index contributed by atoms with van der Waals surface area (Å²) in [5.41, 5.74) is 0.978. The van der Waals surface area contributed by atoms with Crippen LogP contribution in [0.3, 0.4) is 0 Å². The second-order valence-corrected chi connectivity index (χ2v) is 2.25. The fourth-order valence-corrected chi connectivity index (χ4v) is 0.828. The minimum Gasteiger partial charge on any atom is -0.370 e. The summed E-state index contributed by atoms with van der Waals surface area (Å²) >= 11 is 0. The maximum absolute atomic E-state index is 10.9. The summed E-state index contributed by atoms with van der Waals surface area (Å²) in [5, 5.41) is 0. The van der Waals surface area contributed by atoms with Gasteiger partial charge in [-0.05, 0) is 5.56 Å². The number of carbonyl (C=O) groups excluding carboxylic acids is 1. The van der Waals surface area contributed by atoms with E-state index in [0.717, 1.165) is 0 Å². The Morgan fingerprint density at radius 3 is 2.42 bits per heavy atom. The average Bonchev–Trinajstić information content (AvgIpc) is 2.17. The lowest BCUT2D eigenvalue weighted by Crippen LogP contribution is -2.10. The van der Waals surface area contributed by atoms with E-state index in [-0.39, 0.29) is 5.57 Å². The molecule has 1 rings (SSSR count). The Morgan fingerprint density at radius 2 is 1.92 bits per heavy atom. The van der Waals surface area contributed by atoms with Crippen molar-refractivity contribution < 1.29 is 9.63 Å². The third-order valence-electron chi connectivity index (χ3n) is 1.48. The van der Waals surface area contributed by atoms with Crippen LogP contribution in [0, 0.1) is 0 Å². The van der Waals surface area contributed by atoms with Crippen molar-refractivity contribution in [2.24, 2.45) is 5.90 Å². The molecule has 0 heterocycles. The van der Waals surface area contributed by atoms with Crippen LogP contribution in [0.2, 0.25) is 0 Å². The SMILES string of the molecule is C=C(C(=O)ON)c1ccccc1. The molecule has 1 aromatic carbocycles. The van der Waals surface area contributed by atoms with Crippen LogP contribution in [0.5, 0.6) is 0 Å². The maximum Gasteiger partial charge on any atom is 0.356 e. The molecule has 2 N–H and O–H groups in total. The lowest BCUT2D eigenvalue weighted by Gasteiger charge is -2.00. The Labute approximate surface area is 70.4 Å². The van der Waals surface area contributed by atoms with Gasteiger partial charge in [0.05, 0.1) is 5.57 Å². The molecular weight excluding hydrogens is 154 g/mol. The molecule has 62 valence electrons. The average molecular weight is 163 g/mol. The van der Waals surface area contributed by atoms with Crippen LogP contribution in [-0.4, -0.2) is 5.97 Å². The molecule has 0 aliphatic carbocycles. The Morgan fingerprint density at radius 1 is 1.33 bits per heavy atom. The van der Waals surface area contributed by atoms with Crippen molar-refractivity contribution in [1.29, 1.82) is 0 Å². The minimum absolute atomic E-state index is 0.262. The van der Waals surface area contributed by atoms with Crippen molar-refractivity contribution in [1.82, 2.24) is 0 Å². The third kappa shape index (κ3) is 1.71. The standard InChI is InChI=1S/C9H9NO2/c1-7(9(11)12-10)8-5-3-2-4-6-8/h2-6H,1,10H2. The van der Waals surface area contributed by atoms with Crippen molar-refractivity contribution in [3.8, 4) is 0 Å². The smallest absolute Gasteiger partial charge is 0.356 e. The highest BCUT2D eigenvalue weighted by atomic mass is 16.7. The number of carbonyl (C=O) groups is 1. The van der Waals surface area contributed by atoms with Gasteiger partial charge in [0.25, 0.3) is 0 Å². The molecule has 0 aliphatic heterocycles. The highest BCUT2D eigenvalue weighted by molar-refractivity contribution is 6.15. The maximum atomic E-state index is 10.9.